The number of hydrogen-bond donors (Lipinski definition) is 1. The van der Waals surface area contributed by atoms with Crippen LogP contribution in [0.15, 0.2) is 0 Å². The van der Waals surface area contributed by atoms with Crippen molar-refractivity contribution in [3.8, 4) is 0 Å². The monoisotopic (exact) mass is 252 g/mol. The zero-order valence-electron chi connectivity index (χ0n) is 11.6. The molecule has 18 heavy (non-hydrogen) atoms. The van der Waals surface area contributed by atoms with Crippen molar-refractivity contribution in [2.45, 2.75) is 57.7 Å². The molecule has 3 rings (SSSR count). The Morgan fingerprint density at radius 3 is 2.61 bits per heavy atom. The molecule has 1 aliphatic heterocycles. The molecule has 4 heteroatoms. The lowest BCUT2D eigenvalue weighted by Crippen LogP contribution is -2.80. The van der Waals surface area contributed by atoms with Crippen molar-refractivity contribution in [1.82, 2.24) is 4.90 Å². The predicted octanol–water partition coefficient (Wildman–Crippen LogP) is 1.14. The highest BCUT2D eigenvalue weighted by Gasteiger charge is 2.72. The molecule has 1 amide bonds. The molecule has 3 aliphatic rings. The first-order valence-corrected chi connectivity index (χ1v) is 7.16. The van der Waals surface area contributed by atoms with Crippen molar-refractivity contribution >= 4 is 5.91 Å². The van der Waals surface area contributed by atoms with Gasteiger partial charge in [-0.15, -0.1) is 0 Å². The van der Waals surface area contributed by atoms with Gasteiger partial charge in [0.15, 0.2) is 0 Å². The highest BCUT2D eigenvalue weighted by atomic mass is 16.5. The molecule has 0 bridgehead atoms. The third kappa shape index (κ3) is 1.31. The Morgan fingerprint density at radius 2 is 2.06 bits per heavy atom. The van der Waals surface area contributed by atoms with E-state index in [2.05, 4.69) is 13.8 Å². The van der Waals surface area contributed by atoms with Crippen molar-refractivity contribution < 1.29 is 9.53 Å². The number of nitrogens with zero attached hydrogens (tertiary/aromatic N) is 1. The smallest absolute Gasteiger partial charge is 0.243 e. The number of hydrogen-bond acceptors (Lipinski definition) is 3. The van der Waals surface area contributed by atoms with Crippen LogP contribution < -0.4 is 5.73 Å². The molecular weight excluding hydrogens is 228 g/mol. The molecule has 1 saturated heterocycles. The summed E-state index contributed by atoms with van der Waals surface area (Å²) in [6, 6.07) is 0.445. The van der Waals surface area contributed by atoms with Gasteiger partial charge in [-0.25, -0.2) is 0 Å². The van der Waals surface area contributed by atoms with Gasteiger partial charge in [-0.1, -0.05) is 13.8 Å². The Bertz CT molecular complexity index is 378. The van der Waals surface area contributed by atoms with Crippen LogP contribution in [0.4, 0.5) is 0 Å². The minimum atomic E-state index is -0.716. The van der Waals surface area contributed by atoms with Crippen molar-refractivity contribution in [2.75, 3.05) is 13.2 Å². The van der Waals surface area contributed by atoms with E-state index in [0.29, 0.717) is 6.04 Å². The lowest BCUT2D eigenvalue weighted by atomic mass is 9.47. The molecule has 2 N–H and O–H groups in total. The lowest BCUT2D eigenvalue weighted by Gasteiger charge is -2.61. The molecule has 0 radical (unpaired) electrons. The maximum absolute atomic E-state index is 12.9. The van der Waals surface area contributed by atoms with Gasteiger partial charge in [0.05, 0.1) is 6.10 Å². The largest absolute Gasteiger partial charge is 0.377 e. The fraction of sp³-hybridized carbons (Fsp3) is 0.929. The Kier molecular flexibility index (Phi) is 2.55. The van der Waals surface area contributed by atoms with Crippen LogP contribution in [0.5, 0.6) is 0 Å². The Balaban J connectivity index is 1.87. The van der Waals surface area contributed by atoms with Gasteiger partial charge in [0.2, 0.25) is 5.91 Å². The maximum atomic E-state index is 12.9. The molecule has 3 atom stereocenters. The SMILES string of the molecule is CCN(C(=O)C1(N)C2CCOC2C1(C)C)C1CC1. The Morgan fingerprint density at radius 1 is 1.39 bits per heavy atom. The molecule has 3 fully saturated rings. The number of likely N-dealkylation sites (N-methyl/N-ethyl adjacent to an activating group) is 1. The van der Waals surface area contributed by atoms with E-state index in [9.17, 15) is 4.79 Å². The van der Waals surface area contributed by atoms with Gasteiger partial charge in [0.25, 0.3) is 0 Å². The summed E-state index contributed by atoms with van der Waals surface area (Å²) in [4.78, 5) is 14.9. The van der Waals surface area contributed by atoms with Gasteiger partial charge in [0.1, 0.15) is 5.54 Å². The molecular formula is C14H24N2O2. The van der Waals surface area contributed by atoms with E-state index in [-0.39, 0.29) is 23.3 Å². The second kappa shape index (κ2) is 3.70. The summed E-state index contributed by atoms with van der Waals surface area (Å²) in [5.41, 5.74) is 5.62. The summed E-state index contributed by atoms with van der Waals surface area (Å²) in [6.07, 6.45) is 3.38. The fourth-order valence-electron chi connectivity index (χ4n) is 4.01. The molecule has 0 spiro atoms. The molecule has 4 nitrogen and oxygen atoms in total. The second-order valence-corrected chi connectivity index (χ2v) is 6.60. The van der Waals surface area contributed by atoms with E-state index in [1.807, 2.05) is 11.8 Å². The molecule has 3 unspecified atom stereocenters. The van der Waals surface area contributed by atoms with Crippen LogP contribution >= 0.6 is 0 Å². The molecule has 2 aliphatic carbocycles. The van der Waals surface area contributed by atoms with Gasteiger partial charge in [-0.2, -0.15) is 0 Å². The molecule has 0 aromatic carbocycles. The van der Waals surface area contributed by atoms with Gasteiger partial charge in [-0.3, -0.25) is 4.79 Å². The minimum Gasteiger partial charge on any atom is -0.377 e. The van der Waals surface area contributed by atoms with Crippen LogP contribution in [-0.4, -0.2) is 41.6 Å². The number of carbonyl (C=O) groups excluding carboxylic acids is 1. The van der Waals surface area contributed by atoms with E-state index in [1.54, 1.807) is 0 Å². The zero-order chi connectivity index (χ0) is 13.1. The zero-order valence-corrected chi connectivity index (χ0v) is 11.6. The van der Waals surface area contributed by atoms with E-state index in [4.69, 9.17) is 10.5 Å². The number of ether oxygens (including phenoxy) is 1. The van der Waals surface area contributed by atoms with Gasteiger partial charge in [0, 0.05) is 30.5 Å². The highest BCUT2D eigenvalue weighted by Crippen LogP contribution is 2.59. The first kappa shape index (κ1) is 12.4. The topological polar surface area (TPSA) is 55.6 Å². The van der Waals surface area contributed by atoms with E-state index in [0.717, 1.165) is 32.4 Å². The quantitative estimate of drug-likeness (QED) is 0.819. The second-order valence-electron chi connectivity index (χ2n) is 6.60. The molecule has 0 aromatic rings. The third-order valence-corrected chi connectivity index (χ3v) is 5.40. The van der Waals surface area contributed by atoms with E-state index in [1.165, 1.54) is 0 Å². The average molecular weight is 252 g/mol. The summed E-state index contributed by atoms with van der Waals surface area (Å²) in [7, 11) is 0. The van der Waals surface area contributed by atoms with Crippen molar-refractivity contribution in [3.63, 3.8) is 0 Å². The van der Waals surface area contributed by atoms with E-state index < -0.39 is 5.54 Å². The average Bonchev–Trinajstić information content (AvgIpc) is 3.05. The van der Waals surface area contributed by atoms with Crippen LogP contribution in [0.1, 0.15) is 40.0 Å². The predicted molar refractivity (Wildman–Crippen MR) is 69.0 cm³/mol. The standard InChI is InChI=1S/C14H24N2O2/c1-4-16(9-5-6-9)12(17)14(15)10-7-8-18-11(10)13(14,2)3/h9-11H,4-8,15H2,1-3H3. The summed E-state index contributed by atoms with van der Waals surface area (Å²) in [6.45, 7) is 7.74. The van der Waals surface area contributed by atoms with Gasteiger partial charge < -0.3 is 15.4 Å². The summed E-state index contributed by atoms with van der Waals surface area (Å²) < 4.78 is 5.75. The van der Waals surface area contributed by atoms with Crippen molar-refractivity contribution in [1.29, 1.82) is 0 Å². The number of carbonyl (C=O) groups is 1. The highest BCUT2D eigenvalue weighted by molar-refractivity contribution is 5.90. The van der Waals surface area contributed by atoms with Gasteiger partial charge in [-0.05, 0) is 26.2 Å². The Labute approximate surface area is 109 Å². The van der Waals surface area contributed by atoms with E-state index >= 15 is 0 Å². The van der Waals surface area contributed by atoms with Crippen molar-refractivity contribution in [3.05, 3.63) is 0 Å². The number of amides is 1. The fourth-order valence-corrected chi connectivity index (χ4v) is 4.01. The molecule has 0 aromatic heterocycles. The summed E-state index contributed by atoms with van der Waals surface area (Å²) >= 11 is 0. The number of fused-ring (bicyclic) bond motifs is 1. The van der Waals surface area contributed by atoms with Crippen LogP contribution in [0.25, 0.3) is 0 Å². The molecule has 102 valence electrons. The van der Waals surface area contributed by atoms with Crippen LogP contribution in [0, 0.1) is 11.3 Å². The first-order valence-electron chi connectivity index (χ1n) is 7.16. The van der Waals surface area contributed by atoms with Crippen LogP contribution in [-0.2, 0) is 9.53 Å². The van der Waals surface area contributed by atoms with Crippen LogP contribution in [0.2, 0.25) is 0 Å². The summed E-state index contributed by atoms with van der Waals surface area (Å²) in [5, 5.41) is 0. The number of rotatable bonds is 3. The number of nitrogens with two attached hydrogens (primary N) is 1. The summed E-state index contributed by atoms with van der Waals surface area (Å²) in [5.74, 6) is 0.372. The maximum Gasteiger partial charge on any atom is 0.243 e. The van der Waals surface area contributed by atoms with Crippen LogP contribution in [0.3, 0.4) is 0 Å². The molecule has 1 heterocycles. The third-order valence-electron chi connectivity index (χ3n) is 5.40. The Hall–Kier alpha value is -0.610. The molecule has 2 saturated carbocycles. The first-order chi connectivity index (χ1) is 8.44. The normalized spacial score (nSPS) is 41.1. The minimum absolute atomic E-state index is 0.157. The van der Waals surface area contributed by atoms with Gasteiger partial charge >= 0.3 is 0 Å². The lowest BCUT2D eigenvalue weighted by molar-refractivity contribution is -0.184. The van der Waals surface area contributed by atoms with Crippen molar-refractivity contribution in [2.24, 2.45) is 17.1 Å².